The summed E-state index contributed by atoms with van der Waals surface area (Å²) in [5, 5.41) is 4.48. The maximum Gasteiger partial charge on any atom is 0.0407 e. The van der Waals surface area contributed by atoms with Gasteiger partial charge in [0.1, 0.15) is 0 Å². The quantitative estimate of drug-likeness (QED) is 0.809. The molecule has 2 nitrogen and oxygen atoms in total. The second kappa shape index (κ2) is 8.21. The van der Waals surface area contributed by atoms with Crippen LogP contribution in [0.15, 0.2) is 24.3 Å². The number of anilines is 1. The highest BCUT2D eigenvalue weighted by atomic mass is 35.5. The molecule has 3 heteroatoms. The first-order valence-electron chi connectivity index (χ1n) is 9.07. The molecule has 1 saturated carbocycles. The summed E-state index contributed by atoms with van der Waals surface area (Å²) in [4.78, 5) is 2.77. The normalized spacial score (nSPS) is 23.0. The Morgan fingerprint density at radius 3 is 2.05 bits per heavy atom. The molecular weight excluding hydrogens is 292 g/mol. The van der Waals surface area contributed by atoms with E-state index in [1.165, 1.54) is 76.6 Å². The molecular formula is C19H29ClN2. The average molecular weight is 321 g/mol. The van der Waals surface area contributed by atoms with E-state index in [0.29, 0.717) is 6.04 Å². The molecule has 0 atom stereocenters. The molecule has 1 aliphatic carbocycles. The van der Waals surface area contributed by atoms with E-state index < -0.39 is 0 Å². The average Bonchev–Trinajstić information content (AvgIpc) is 2.50. The lowest BCUT2D eigenvalue weighted by Gasteiger charge is -2.39. The van der Waals surface area contributed by atoms with Crippen molar-refractivity contribution in [3.63, 3.8) is 0 Å². The molecule has 1 N–H and O–H groups in total. The molecule has 122 valence electrons. The van der Waals surface area contributed by atoms with Gasteiger partial charge in [0.25, 0.3) is 0 Å². The monoisotopic (exact) mass is 320 g/mol. The molecule has 0 spiro atoms. The minimum absolute atomic E-state index is 0.617. The Hall–Kier alpha value is -0.730. The minimum atomic E-state index is 0.617. The maximum atomic E-state index is 5.95. The topological polar surface area (TPSA) is 15.3 Å². The van der Waals surface area contributed by atoms with Crippen LogP contribution in [0.1, 0.15) is 57.8 Å². The van der Waals surface area contributed by atoms with Crippen molar-refractivity contribution < 1.29 is 0 Å². The van der Waals surface area contributed by atoms with E-state index in [-0.39, 0.29) is 0 Å². The van der Waals surface area contributed by atoms with Crippen LogP contribution < -0.4 is 5.32 Å². The zero-order chi connectivity index (χ0) is 15.2. The molecule has 22 heavy (non-hydrogen) atoms. The van der Waals surface area contributed by atoms with Gasteiger partial charge in [0.05, 0.1) is 0 Å². The van der Waals surface area contributed by atoms with Crippen molar-refractivity contribution in [2.24, 2.45) is 0 Å². The highest BCUT2D eigenvalue weighted by Gasteiger charge is 2.25. The van der Waals surface area contributed by atoms with Gasteiger partial charge in [-0.2, -0.15) is 0 Å². The first-order valence-corrected chi connectivity index (χ1v) is 9.45. The van der Waals surface area contributed by atoms with Crippen molar-refractivity contribution >= 4 is 17.3 Å². The van der Waals surface area contributed by atoms with Crippen LogP contribution in [-0.4, -0.2) is 30.1 Å². The number of likely N-dealkylation sites (tertiary alicyclic amines) is 1. The lowest BCUT2D eigenvalue weighted by molar-refractivity contribution is 0.133. The Labute approximate surface area is 140 Å². The molecule has 0 unspecified atom stereocenters. The number of rotatable bonds is 3. The van der Waals surface area contributed by atoms with Crippen molar-refractivity contribution in [3.05, 3.63) is 29.3 Å². The van der Waals surface area contributed by atoms with Gasteiger partial charge in [0.15, 0.2) is 0 Å². The van der Waals surface area contributed by atoms with Gasteiger partial charge in [-0.15, -0.1) is 0 Å². The van der Waals surface area contributed by atoms with Crippen LogP contribution in [0.4, 0.5) is 5.69 Å². The fourth-order valence-electron chi connectivity index (χ4n) is 3.99. The Morgan fingerprint density at radius 1 is 0.818 bits per heavy atom. The van der Waals surface area contributed by atoms with Crippen LogP contribution >= 0.6 is 11.6 Å². The smallest absolute Gasteiger partial charge is 0.0407 e. The van der Waals surface area contributed by atoms with Gasteiger partial charge in [0.2, 0.25) is 0 Å². The Balaban J connectivity index is 1.46. The van der Waals surface area contributed by atoms with Crippen molar-refractivity contribution in [3.8, 4) is 0 Å². The van der Waals surface area contributed by atoms with E-state index in [4.69, 9.17) is 11.6 Å². The van der Waals surface area contributed by atoms with Gasteiger partial charge < -0.3 is 10.2 Å². The first kappa shape index (κ1) is 16.1. The second-order valence-corrected chi connectivity index (χ2v) is 7.40. The molecule has 0 aromatic heterocycles. The van der Waals surface area contributed by atoms with Crippen molar-refractivity contribution in [1.82, 2.24) is 4.90 Å². The van der Waals surface area contributed by atoms with E-state index in [0.717, 1.165) is 11.1 Å². The first-order chi connectivity index (χ1) is 10.8. The van der Waals surface area contributed by atoms with Gasteiger partial charge in [-0.1, -0.05) is 43.7 Å². The van der Waals surface area contributed by atoms with Gasteiger partial charge in [-0.3, -0.25) is 0 Å². The Morgan fingerprint density at radius 2 is 1.41 bits per heavy atom. The van der Waals surface area contributed by atoms with Crippen molar-refractivity contribution in [1.29, 1.82) is 0 Å². The third-order valence-corrected chi connectivity index (χ3v) is 5.59. The molecule has 2 aliphatic rings. The predicted molar refractivity (Wildman–Crippen MR) is 95.8 cm³/mol. The number of piperidine rings is 1. The molecule has 1 aromatic rings. The van der Waals surface area contributed by atoms with Crippen LogP contribution in [-0.2, 0) is 0 Å². The van der Waals surface area contributed by atoms with E-state index in [1.807, 2.05) is 12.1 Å². The van der Waals surface area contributed by atoms with Crippen molar-refractivity contribution in [2.45, 2.75) is 69.9 Å². The van der Waals surface area contributed by atoms with Gasteiger partial charge in [0, 0.05) is 35.9 Å². The summed E-state index contributed by atoms with van der Waals surface area (Å²) in [6.07, 6.45) is 12.6. The van der Waals surface area contributed by atoms with Crippen LogP contribution in [0, 0.1) is 0 Å². The summed E-state index contributed by atoms with van der Waals surface area (Å²) in [7, 11) is 0. The molecule has 0 amide bonds. The molecule has 2 fully saturated rings. The molecule has 1 aromatic carbocycles. The Kier molecular flexibility index (Phi) is 6.03. The standard InChI is InChI=1S/C19H29ClN2/c20-16-8-10-17(11-9-16)21-18-12-14-22(15-13-18)19-6-4-2-1-3-5-7-19/h8-11,18-19,21H,1-7,12-15H2. The number of halogens is 1. The molecule has 0 radical (unpaired) electrons. The summed E-state index contributed by atoms with van der Waals surface area (Å²) >= 11 is 5.95. The summed E-state index contributed by atoms with van der Waals surface area (Å²) in [5.74, 6) is 0. The van der Waals surface area contributed by atoms with Crippen LogP contribution in [0.25, 0.3) is 0 Å². The minimum Gasteiger partial charge on any atom is -0.382 e. The maximum absolute atomic E-state index is 5.95. The summed E-state index contributed by atoms with van der Waals surface area (Å²) < 4.78 is 0. The summed E-state index contributed by atoms with van der Waals surface area (Å²) in [6.45, 7) is 2.52. The SMILES string of the molecule is Clc1ccc(NC2CCN(C3CCCCCCC3)CC2)cc1. The van der Waals surface area contributed by atoms with Gasteiger partial charge >= 0.3 is 0 Å². The predicted octanol–water partition coefficient (Wildman–Crippen LogP) is 5.33. The highest BCUT2D eigenvalue weighted by molar-refractivity contribution is 6.30. The third-order valence-electron chi connectivity index (χ3n) is 5.34. The lowest BCUT2D eigenvalue weighted by atomic mass is 9.93. The lowest BCUT2D eigenvalue weighted by Crippen LogP contribution is -2.44. The third kappa shape index (κ3) is 4.63. The zero-order valence-corrected chi connectivity index (χ0v) is 14.3. The van der Waals surface area contributed by atoms with E-state index in [2.05, 4.69) is 22.3 Å². The van der Waals surface area contributed by atoms with Gasteiger partial charge in [-0.05, 0) is 49.9 Å². The van der Waals surface area contributed by atoms with E-state index in [9.17, 15) is 0 Å². The van der Waals surface area contributed by atoms with Crippen LogP contribution in [0.5, 0.6) is 0 Å². The van der Waals surface area contributed by atoms with Crippen LogP contribution in [0.2, 0.25) is 5.02 Å². The molecule has 1 aliphatic heterocycles. The number of hydrogen-bond donors (Lipinski definition) is 1. The molecule has 3 rings (SSSR count). The summed E-state index contributed by atoms with van der Waals surface area (Å²) in [6, 6.07) is 9.58. The second-order valence-electron chi connectivity index (χ2n) is 6.96. The van der Waals surface area contributed by atoms with E-state index >= 15 is 0 Å². The highest BCUT2D eigenvalue weighted by Crippen LogP contribution is 2.25. The molecule has 1 heterocycles. The number of nitrogens with one attached hydrogen (secondary N) is 1. The summed E-state index contributed by atoms with van der Waals surface area (Å²) in [5.41, 5.74) is 1.20. The van der Waals surface area contributed by atoms with Gasteiger partial charge in [-0.25, -0.2) is 0 Å². The fourth-order valence-corrected chi connectivity index (χ4v) is 4.12. The van der Waals surface area contributed by atoms with Crippen LogP contribution in [0.3, 0.4) is 0 Å². The number of nitrogens with zero attached hydrogens (tertiary/aromatic N) is 1. The fraction of sp³-hybridized carbons (Fsp3) is 0.684. The zero-order valence-electron chi connectivity index (χ0n) is 13.6. The Bertz CT molecular complexity index is 429. The number of hydrogen-bond acceptors (Lipinski definition) is 2. The molecule has 1 saturated heterocycles. The number of benzene rings is 1. The van der Waals surface area contributed by atoms with Crippen molar-refractivity contribution in [2.75, 3.05) is 18.4 Å². The molecule has 0 bridgehead atoms. The largest absolute Gasteiger partial charge is 0.382 e. The van der Waals surface area contributed by atoms with E-state index in [1.54, 1.807) is 0 Å².